The highest BCUT2D eigenvalue weighted by Gasteiger charge is 2.19. The van der Waals surface area contributed by atoms with Crippen LogP contribution in [-0.2, 0) is 14.6 Å². The van der Waals surface area contributed by atoms with Crippen molar-refractivity contribution in [3.8, 4) is 0 Å². The van der Waals surface area contributed by atoms with Crippen LogP contribution in [0.25, 0.3) is 0 Å². The van der Waals surface area contributed by atoms with Gasteiger partial charge in [-0.05, 0) is 24.7 Å². The Bertz CT molecular complexity index is 589. The van der Waals surface area contributed by atoms with Gasteiger partial charge in [0.2, 0.25) is 0 Å². The van der Waals surface area contributed by atoms with Gasteiger partial charge < -0.3 is 15.8 Å². The molecule has 1 atom stereocenters. The molecule has 1 aliphatic rings. The summed E-state index contributed by atoms with van der Waals surface area (Å²) in [6.45, 7) is 6.41. The van der Waals surface area contributed by atoms with E-state index >= 15 is 0 Å². The fourth-order valence-corrected chi connectivity index (χ4v) is 3.00. The first-order chi connectivity index (χ1) is 9.90. The molecule has 0 aromatic heterocycles. The van der Waals surface area contributed by atoms with Crippen LogP contribution in [-0.4, -0.2) is 58.5 Å². The molecule has 0 aliphatic carbocycles. The molecule has 7 heteroatoms. The minimum absolute atomic E-state index is 0.118. The largest absolute Gasteiger partial charge is 0.397 e. The number of nitrogens with two attached hydrogens (primary N) is 1. The van der Waals surface area contributed by atoms with Crippen molar-refractivity contribution >= 4 is 21.2 Å². The summed E-state index contributed by atoms with van der Waals surface area (Å²) in [6, 6.07) is 4.75. The zero-order valence-electron chi connectivity index (χ0n) is 12.5. The highest BCUT2D eigenvalue weighted by Crippen LogP contribution is 2.22. The topological polar surface area (TPSA) is 84.7 Å². The second-order valence-corrected chi connectivity index (χ2v) is 7.30. The SMILES string of the molecule is CCN1CCOC(CNc2ccc(S(C)(=O)=O)cc2N)C1. The summed E-state index contributed by atoms with van der Waals surface area (Å²) < 4.78 is 28.6. The Hall–Kier alpha value is -1.31. The van der Waals surface area contributed by atoms with E-state index < -0.39 is 9.84 Å². The van der Waals surface area contributed by atoms with E-state index in [1.807, 2.05) is 0 Å². The molecule has 1 heterocycles. The van der Waals surface area contributed by atoms with Crippen LogP contribution in [0.4, 0.5) is 11.4 Å². The van der Waals surface area contributed by atoms with Crippen molar-refractivity contribution in [1.82, 2.24) is 4.90 Å². The molecule has 1 aromatic rings. The maximum Gasteiger partial charge on any atom is 0.175 e. The van der Waals surface area contributed by atoms with Crippen molar-refractivity contribution in [2.75, 3.05) is 50.1 Å². The van der Waals surface area contributed by atoms with E-state index in [1.54, 1.807) is 12.1 Å². The molecule has 2 rings (SSSR count). The third-order valence-electron chi connectivity index (χ3n) is 3.64. The van der Waals surface area contributed by atoms with Gasteiger partial charge >= 0.3 is 0 Å². The zero-order valence-corrected chi connectivity index (χ0v) is 13.3. The lowest BCUT2D eigenvalue weighted by atomic mass is 10.2. The van der Waals surface area contributed by atoms with E-state index in [9.17, 15) is 8.42 Å². The third kappa shape index (κ3) is 4.33. The number of hydrogen-bond acceptors (Lipinski definition) is 6. The summed E-state index contributed by atoms with van der Waals surface area (Å²) in [5, 5.41) is 3.23. The highest BCUT2D eigenvalue weighted by molar-refractivity contribution is 7.90. The minimum Gasteiger partial charge on any atom is -0.397 e. The lowest BCUT2D eigenvalue weighted by molar-refractivity contribution is -0.0191. The summed E-state index contributed by atoms with van der Waals surface area (Å²) >= 11 is 0. The van der Waals surface area contributed by atoms with Gasteiger partial charge in [0.25, 0.3) is 0 Å². The predicted octanol–water partition coefficient (Wildman–Crippen LogP) is 0.805. The molecule has 1 aliphatic heterocycles. The maximum atomic E-state index is 11.5. The molecular weight excluding hydrogens is 290 g/mol. The Labute approximate surface area is 126 Å². The van der Waals surface area contributed by atoms with Crippen molar-refractivity contribution in [3.63, 3.8) is 0 Å². The van der Waals surface area contributed by atoms with Gasteiger partial charge in [-0.3, -0.25) is 4.90 Å². The van der Waals surface area contributed by atoms with E-state index in [1.165, 1.54) is 12.3 Å². The van der Waals surface area contributed by atoms with Crippen molar-refractivity contribution in [2.24, 2.45) is 0 Å². The number of hydrogen-bond donors (Lipinski definition) is 2. The molecule has 21 heavy (non-hydrogen) atoms. The number of ether oxygens (including phenoxy) is 1. The third-order valence-corrected chi connectivity index (χ3v) is 4.75. The average molecular weight is 313 g/mol. The normalized spacial score (nSPS) is 20.4. The lowest BCUT2D eigenvalue weighted by Crippen LogP contribution is -2.45. The van der Waals surface area contributed by atoms with E-state index in [-0.39, 0.29) is 11.0 Å². The van der Waals surface area contributed by atoms with Crippen LogP contribution < -0.4 is 11.1 Å². The number of benzene rings is 1. The van der Waals surface area contributed by atoms with Crippen LogP contribution in [0.1, 0.15) is 6.92 Å². The maximum absolute atomic E-state index is 11.5. The molecule has 1 aromatic carbocycles. The van der Waals surface area contributed by atoms with E-state index in [0.717, 1.165) is 31.9 Å². The summed E-state index contributed by atoms with van der Waals surface area (Å²) in [4.78, 5) is 2.57. The Morgan fingerprint density at radius 2 is 2.24 bits per heavy atom. The quantitative estimate of drug-likeness (QED) is 0.782. The number of nitrogens with zero attached hydrogens (tertiary/aromatic N) is 1. The monoisotopic (exact) mass is 313 g/mol. The van der Waals surface area contributed by atoms with Gasteiger partial charge in [0.1, 0.15) is 0 Å². The van der Waals surface area contributed by atoms with Crippen LogP contribution >= 0.6 is 0 Å². The van der Waals surface area contributed by atoms with E-state index in [4.69, 9.17) is 10.5 Å². The van der Waals surface area contributed by atoms with Gasteiger partial charge in [0.05, 0.1) is 29.0 Å². The van der Waals surface area contributed by atoms with Crippen LogP contribution in [0.5, 0.6) is 0 Å². The van der Waals surface area contributed by atoms with Gasteiger partial charge in [-0.15, -0.1) is 0 Å². The summed E-state index contributed by atoms with van der Waals surface area (Å²) in [5.41, 5.74) is 7.08. The number of morpholine rings is 1. The van der Waals surface area contributed by atoms with Gasteiger partial charge in [-0.25, -0.2) is 8.42 Å². The predicted molar refractivity (Wildman–Crippen MR) is 84.3 cm³/mol. The number of nitrogen functional groups attached to an aromatic ring is 1. The zero-order chi connectivity index (χ0) is 15.5. The van der Waals surface area contributed by atoms with Crippen molar-refractivity contribution in [2.45, 2.75) is 17.9 Å². The van der Waals surface area contributed by atoms with Gasteiger partial charge in [-0.2, -0.15) is 0 Å². The molecule has 1 unspecified atom stereocenters. The standard InChI is InChI=1S/C14H23N3O3S/c1-3-17-6-7-20-11(10-17)9-16-14-5-4-12(8-13(14)15)21(2,18)19/h4-5,8,11,16H,3,6-7,9-10,15H2,1-2H3. The molecule has 3 N–H and O–H groups in total. The summed E-state index contributed by atoms with van der Waals surface area (Å²) in [6.07, 6.45) is 1.29. The molecule has 0 spiro atoms. The van der Waals surface area contributed by atoms with Crippen LogP contribution in [0.15, 0.2) is 23.1 Å². The number of nitrogens with one attached hydrogen (secondary N) is 1. The Kier molecular flexibility index (Phi) is 5.08. The molecule has 0 radical (unpaired) electrons. The number of rotatable bonds is 5. The first-order valence-corrected chi connectivity index (χ1v) is 8.96. The van der Waals surface area contributed by atoms with Crippen LogP contribution in [0.3, 0.4) is 0 Å². The smallest absolute Gasteiger partial charge is 0.175 e. The Morgan fingerprint density at radius 1 is 1.48 bits per heavy atom. The number of likely N-dealkylation sites (N-methyl/N-ethyl adjacent to an activating group) is 1. The molecule has 1 fully saturated rings. The van der Waals surface area contributed by atoms with Crippen molar-refractivity contribution in [3.05, 3.63) is 18.2 Å². The average Bonchev–Trinajstić information content (AvgIpc) is 2.45. The lowest BCUT2D eigenvalue weighted by Gasteiger charge is -2.32. The fourth-order valence-electron chi connectivity index (χ4n) is 2.35. The van der Waals surface area contributed by atoms with Crippen molar-refractivity contribution < 1.29 is 13.2 Å². The van der Waals surface area contributed by atoms with Gasteiger partial charge in [-0.1, -0.05) is 6.92 Å². The summed E-state index contributed by atoms with van der Waals surface area (Å²) in [7, 11) is -3.23. The first-order valence-electron chi connectivity index (χ1n) is 7.07. The first kappa shape index (κ1) is 16.1. The van der Waals surface area contributed by atoms with E-state index in [0.29, 0.717) is 12.2 Å². The molecule has 118 valence electrons. The molecule has 0 bridgehead atoms. The number of sulfone groups is 1. The molecule has 6 nitrogen and oxygen atoms in total. The van der Waals surface area contributed by atoms with E-state index in [2.05, 4.69) is 17.1 Å². The number of anilines is 2. The second kappa shape index (κ2) is 6.64. The minimum atomic E-state index is -3.23. The van der Waals surface area contributed by atoms with Gasteiger partial charge in [0, 0.05) is 25.9 Å². The highest BCUT2D eigenvalue weighted by atomic mass is 32.2. The fraction of sp³-hybridized carbons (Fsp3) is 0.571. The van der Waals surface area contributed by atoms with Crippen molar-refractivity contribution in [1.29, 1.82) is 0 Å². The van der Waals surface area contributed by atoms with Crippen LogP contribution in [0.2, 0.25) is 0 Å². The van der Waals surface area contributed by atoms with Crippen LogP contribution in [0, 0.1) is 0 Å². The Morgan fingerprint density at radius 3 is 2.86 bits per heavy atom. The molecule has 1 saturated heterocycles. The molecular formula is C14H23N3O3S. The Balaban J connectivity index is 1.97. The van der Waals surface area contributed by atoms with Gasteiger partial charge in [0.15, 0.2) is 9.84 Å². The molecule has 0 amide bonds. The second-order valence-electron chi connectivity index (χ2n) is 5.29. The molecule has 0 saturated carbocycles. The summed E-state index contributed by atoms with van der Waals surface area (Å²) in [5.74, 6) is 0.